The Morgan fingerprint density at radius 1 is 1.21 bits per heavy atom. The first-order valence-corrected chi connectivity index (χ1v) is 11.0. The molecule has 1 heterocycles. The van der Waals surface area contributed by atoms with Gasteiger partial charge in [-0.2, -0.15) is 4.31 Å². The van der Waals surface area contributed by atoms with Crippen LogP contribution in [0.2, 0.25) is 0 Å². The molecule has 6 nitrogen and oxygen atoms in total. The second-order valence-electron chi connectivity index (χ2n) is 6.93. The lowest BCUT2D eigenvalue weighted by molar-refractivity contribution is -0.122. The van der Waals surface area contributed by atoms with Crippen molar-refractivity contribution in [2.45, 2.75) is 30.2 Å². The minimum atomic E-state index is -3.88. The van der Waals surface area contributed by atoms with Crippen LogP contribution in [-0.4, -0.2) is 45.4 Å². The lowest BCUT2D eigenvalue weighted by Gasteiger charge is -2.36. The summed E-state index contributed by atoms with van der Waals surface area (Å²) in [5.74, 6) is -0.720. The molecule has 8 heteroatoms. The molecule has 1 aliphatic rings. The standard InChI is InChI=1S/C21H25FN2O4S/c1-28-14-4-12-23-21(25)15-20-19-6-3-2-5-16(19)11-13-24(20)29(26,27)18-9-7-17(22)8-10-18/h2-3,5-10,20H,4,11-15H2,1H3,(H,23,25)/t20-/m1/s1. The maximum atomic E-state index is 13.3. The van der Waals surface area contributed by atoms with Gasteiger partial charge >= 0.3 is 0 Å². The summed E-state index contributed by atoms with van der Waals surface area (Å²) in [7, 11) is -2.28. The lowest BCUT2D eigenvalue weighted by atomic mass is 9.92. The Bertz CT molecular complexity index is 947. The maximum absolute atomic E-state index is 13.3. The molecule has 29 heavy (non-hydrogen) atoms. The number of sulfonamides is 1. The van der Waals surface area contributed by atoms with Gasteiger partial charge in [0, 0.05) is 33.2 Å². The summed E-state index contributed by atoms with van der Waals surface area (Å²) >= 11 is 0. The van der Waals surface area contributed by atoms with Gasteiger partial charge in [-0.15, -0.1) is 0 Å². The van der Waals surface area contributed by atoms with Crippen LogP contribution in [0.3, 0.4) is 0 Å². The number of carbonyl (C=O) groups is 1. The Morgan fingerprint density at radius 2 is 1.93 bits per heavy atom. The minimum absolute atomic E-state index is 0.0174. The van der Waals surface area contributed by atoms with Crippen LogP contribution in [-0.2, 0) is 26.0 Å². The summed E-state index contributed by atoms with van der Waals surface area (Å²) in [6, 6.07) is 11.7. The van der Waals surface area contributed by atoms with E-state index in [4.69, 9.17) is 4.74 Å². The van der Waals surface area contributed by atoms with Gasteiger partial charge in [0.1, 0.15) is 5.82 Å². The Kier molecular flexibility index (Phi) is 7.00. The van der Waals surface area contributed by atoms with E-state index in [9.17, 15) is 17.6 Å². The summed E-state index contributed by atoms with van der Waals surface area (Å²) < 4.78 is 46.1. The second-order valence-corrected chi connectivity index (χ2v) is 8.83. The van der Waals surface area contributed by atoms with Crippen LogP contribution in [0.5, 0.6) is 0 Å². The predicted molar refractivity (Wildman–Crippen MR) is 107 cm³/mol. The highest BCUT2D eigenvalue weighted by atomic mass is 32.2. The number of methoxy groups -OCH3 is 1. The van der Waals surface area contributed by atoms with E-state index in [1.165, 1.54) is 16.4 Å². The average molecular weight is 421 g/mol. The molecule has 1 atom stereocenters. The van der Waals surface area contributed by atoms with Gasteiger partial charge in [0.05, 0.1) is 10.9 Å². The zero-order valence-corrected chi connectivity index (χ0v) is 17.1. The summed E-state index contributed by atoms with van der Waals surface area (Å²) in [4.78, 5) is 12.5. The van der Waals surface area contributed by atoms with Crippen LogP contribution in [0, 0.1) is 5.82 Å². The monoisotopic (exact) mass is 420 g/mol. The molecule has 0 saturated carbocycles. The number of nitrogens with zero attached hydrogens (tertiary/aromatic N) is 1. The van der Waals surface area contributed by atoms with Gasteiger partial charge in [0.15, 0.2) is 0 Å². The number of ether oxygens (including phenoxy) is 1. The molecule has 0 fully saturated rings. The van der Waals surface area contributed by atoms with Crippen molar-refractivity contribution in [1.82, 2.24) is 9.62 Å². The molecule has 2 aromatic rings. The maximum Gasteiger partial charge on any atom is 0.243 e. The van der Waals surface area contributed by atoms with Gasteiger partial charge in [0.2, 0.25) is 15.9 Å². The van der Waals surface area contributed by atoms with E-state index in [-0.39, 0.29) is 23.8 Å². The molecule has 0 saturated heterocycles. The van der Waals surface area contributed by atoms with Crippen LogP contribution in [0.15, 0.2) is 53.4 Å². The van der Waals surface area contributed by atoms with Crippen molar-refractivity contribution < 1.29 is 22.3 Å². The third-order valence-electron chi connectivity index (χ3n) is 5.01. The van der Waals surface area contributed by atoms with Crippen molar-refractivity contribution in [3.63, 3.8) is 0 Å². The van der Waals surface area contributed by atoms with Crippen molar-refractivity contribution in [2.24, 2.45) is 0 Å². The summed E-state index contributed by atoms with van der Waals surface area (Å²) in [6.45, 7) is 1.27. The Balaban J connectivity index is 1.87. The van der Waals surface area contributed by atoms with Gasteiger partial charge in [0.25, 0.3) is 0 Å². The summed E-state index contributed by atoms with van der Waals surface area (Å²) in [6.07, 6.45) is 1.26. The smallest absolute Gasteiger partial charge is 0.243 e. The quantitative estimate of drug-likeness (QED) is 0.667. The van der Waals surface area contributed by atoms with E-state index in [1.54, 1.807) is 7.11 Å². The van der Waals surface area contributed by atoms with Crippen molar-refractivity contribution in [2.75, 3.05) is 26.8 Å². The topological polar surface area (TPSA) is 75.7 Å². The highest BCUT2D eigenvalue weighted by Gasteiger charge is 2.37. The van der Waals surface area contributed by atoms with E-state index < -0.39 is 21.9 Å². The molecule has 0 spiro atoms. The van der Waals surface area contributed by atoms with E-state index in [0.29, 0.717) is 26.0 Å². The van der Waals surface area contributed by atoms with E-state index in [1.807, 2.05) is 24.3 Å². The first-order chi connectivity index (χ1) is 13.9. The Labute approximate surface area is 170 Å². The number of carbonyl (C=O) groups excluding carboxylic acids is 1. The number of nitrogens with one attached hydrogen (secondary N) is 1. The molecule has 0 aromatic heterocycles. The van der Waals surface area contributed by atoms with Crippen LogP contribution in [0.1, 0.15) is 30.0 Å². The average Bonchev–Trinajstić information content (AvgIpc) is 2.71. The number of benzene rings is 2. The molecule has 0 unspecified atom stereocenters. The minimum Gasteiger partial charge on any atom is -0.385 e. The molecule has 3 rings (SSSR count). The van der Waals surface area contributed by atoms with Crippen molar-refractivity contribution in [3.8, 4) is 0 Å². The number of hydrogen-bond acceptors (Lipinski definition) is 4. The Hall–Kier alpha value is -2.29. The lowest BCUT2D eigenvalue weighted by Crippen LogP contribution is -2.42. The fourth-order valence-electron chi connectivity index (χ4n) is 3.56. The van der Waals surface area contributed by atoms with Gasteiger partial charge < -0.3 is 10.1 Å². The van der Waals surface area contributed by atoms with E-state index in [2.05, 4.69) is 5.32 Å². The Morgan fingerprint density at radius 3 is 2.66 bits per heavy atom. The zero-order chi connectivity index (χ0) is 20.9. The van der Waals surface area contributed by atoms with Gasteiger partial charge in [-0.25, -0.2) is 12.8 Å². The molecule has 2 aromatic carbocycles. The number of rotatable bonds is 8. The number of hydrogen-bond donors (Lipinski definition) is 1. The molecule has 1 amide bonds. The molecule has 156 valence electrons. The summed E-state index contributed by atoms with van der Waals surface area (Å²) in [5.41, 5.74) is 1.87. The van der Waals surface area contributed by atoms with Crippen LogP contribution in [0.25, 0.3) is 0 Å². The normalized spacial score (nSPS) is 17.0. The number of fused-ring (bicyclic) bond motifs is 1. The molecule has 0 bridgehead atoms. The van der Waals surface area contributed by atoms with Crippen molar-refractivity contribution in [1.29, 1.82) is 0 Å². The number of amides is 1. The molecule has 0 aliphatic carbocycles. The summed E-state index contributed by atoms with van der Waals surface area (Å²) in [5, 5.41) is 2.82. The second kappa shape index (κ2) is 9.47. The third-order valence-corrected chi connectivity index (χ3v) is 6.93. The van der Waals surface area contributed by atoms with Crippen molar-refractivity contribution in [3.05, 3.63) is 65.5 Å². The van der Waals surface area contributed by atoms with E-state index in [0.717, 1.165) is 23.3 Å². The van der Waals surface area contributed by atoms with Crippen LogP contribution in [0.4, 0.5) is 4.39 Å². The first kappa shape index (κ1) is 21.4. The number of halogens is 1. The largest absolute Gasteiger partial charge is 0.385 e. The molecule has 0 radical (unpaired) electrons. The molecular formula is C21H25FN2O4S. The molecule has 1 N–H and O–H groups in total. The zero-order valence-electron chi connectivity index (χ0n) is 16.3. The van der Waals surface area contributed by atoms with Gasteiger partial charge in [-0.1, -0.05) is 24.3 Å². The van der Waals surface area contributed by atoms with Gasteiger partial charge in [-0.3, -0.25) is 4.79 Å². The van der Waals surface area contributed by atoms with Crippen LogP contribution < -0.4 is 5.32 Å². The highest BCUT2D eigenvalue weighted by Crippen LogP contribution is 2.36. The van der Waals surface area contributed by atoms with Crippen molar-refractivity contribution >= 4 is 15.9 Å². The molecular weight excluding hydrogens is 395 g/mol. The predicted octanol–water partition coefficient (Wildman–Crippen LogP) is 2.66. The fraction of sp³-hybridized carbons (Fsp3) is 0.381. The molecule has 1 aliphatic heterocycles. The fourth-order valence-corrected chi connectivity index (χ4v) is 5.17. The van der Waals surface area contributed by atoms with E-state index >= 15 is 0 Å². The third kappa shape index (κ3) is 5.01. The van der Waals surface area contributed by atoms with Gasteiger partial charge in [-0.05, 0) is 48.2 Å². The first-order valence-electron chi connectivity index (χ1n) is 9.54. The van der Waals surface area contributed by atoms with Crippen LogP contribution >= 0.6 is 0 Å². The SMILES string of the molecule is COCCCNC(=O)C[C@@H]1c2ccccc2CCN1S(=O)(=O)c1ccc(F)cc1. The highest BCUT2D eigenvalue weighted by molar-refractivity contribution is 7.89.